The summed E-state index contributed by atoms with van der Waals surface area (Å²) in [5.41, 5.74) is 0.729. The minimum Gasteiger partial charge on any atom is -0.390 e. The number of nitro groups is 1. The number of nitrogens with two attached hydrogens (primary N) is 1. The van der Waals surface area contributed by atoms with Crippen LogP contribution in [0.1, 0.15) is 28.6 Å². The monoisotopic (exact) mass is 390 g/mol. The summed E-state index contributed by atoms with van der Waals surface area (Å²) < 4.78 is 27.8. The number of ether oxygens (including phenoxy) is 1. The lowest BCUT2D eigenvalue weighted by atomic mass is 10.1. The standard InChI is InChI=1S/C8H5NO4.C5H13N3O2S2/c10-8-6-3-1-5(2-4-6)7(13-8)9(11)12;6-12(9,10)8-2-4-1-5(11)3-7-4/h1-4,7H;4-5,7-8,11H,1-3H2,(H2,6,9,10). The van der Waals surface area contributed by atoms with Gasteiger partial charge in [-0.25, -0.2) is 14.7 Å². The molecule has 0 radical (unpaired) electrons. The topological polar surface area (TPSA) is 154 Å². The van der Waals surface area contributed by atoms with E-state index in [0.717, 1.165) is 13.0 Å². The number of hydrogen-bond donors (Lipinski definition) is 4. The van der Waals surface area contributed by atoms with Crippen LogP contribution >= 0.6 is 12.6 Å². The van der Waals surface area contributed by atoms with E-state index in [9.17, 15) is 23.3 Å². The van der Waals surface area contributed by atoms with Gasteiger partial charge in [0.2, 0.25) is 0 Å². The molecule has 3 aliphatic heterocycles. The Morgan fingerprint density at radius 1 is 1.40 bits per heavy atom. The summed E-state index contributed by atoms with van der Waals surface area (Å²) >= 11 is 4.25. The second kappa shape index (κ2) is 8.10. The van der Waals surface area contributed by atoms with Gasteiger partial charge in [0.25, 0.3) is 10.2 Å². The molecule has 4 rings (SSSR count). The quantitative estimate of drug-likeness (QED) is 0.235. The average molecular weight is 390 g/mol. The van der Waals surface area contributed by atoms with Gasteiger partial charge in [-0.15, -0.1) is 0 Å². The Kier molecular flexibility index (Phi) is 6.35. The molecular formula is C13H18N4O6S2. The van der Waals surface area contributed by atoms with E-state index < -0.39 is 27.3 Å². The second-order valence-corrected chi connectivity index (χ2v) is 7.66. The van der Waals surface area contributed by atoms with Crippen LogP contribution in [0.5, 0.6) is 0 Å². The number of fused-ring (bicyclic) bond motifs is 4. The fourth-order valence-corrected chi connectivity index (χ4v) is 3.15. The SMILES string of the molecule is NS(=O)(=O)NCC1CC(S)CN1.O=C1OC([N+](=O)[O-])c2ccc1cc2. The minimum absolute atomic E-state index is 0.158. The lowest BCUT2D eigenvalue weighted by molar-refractivity contribution is -0.574. The molecule has 3 atom stereocenters. The third kappa shape index (κ3) is 5.93. The average Bonchev–Trinajstić information content (AvgIpc) is 2.81. The van der Waals surface area contributed by atoms with Crippen LogP contribution in [0.25, 0.3) is 0 Å². The summed E-state index contributed by atoms with van der Waals surface area (Å²) in [5.74, 6) is -0.651. The first-order valence-corrected chi connectivity index (χ1v) is 9.35. The maximum atomic E-state index is 11.1. The summed E-state index contributed by atoms with van der Waals surface area (Å²) in [5, 5.41) is 18.7. The van der Waals surface area contributed by atoms with Gasteiger partial charge in [0.15, 0.2) is 0 Å². The predicted octanol–water partition coefficient (Wildman–Crippen LogP) is -0.428. The molecule has 2 bridgehead atoms. The highest BCUT2D eigenvalue weighted by molar-refractivity contribution is 7.87. The Labute approximate surface area is 149 Å². The van der Waals surface area contributed by atoms with E-state index in [1.165, 1.54) is 24.3 Å². The van der Waals surface area contributed by atoms with Crippen LogP contribution in [-0.2, 0) is 14.9 Å². The number of esters is 1. The van der Waals surface area contributed by atoms with Crippen molar-refractivity contribution >= 4 is 28.8 Å². The Morgan fingerprint density at radius 3 is 2.52 bits per heavy atom. The van der Waals surface area contributed by atoms with Gasteiger partial charge in [-0.1, -0.05) is 0 Å². The van der Waals surface area contributed by atoms with Gasteiger partial charge in [0, 0.05) is 24.4 Å². The third-order valence-electron chi connectivity index (χ3n) is 3.57. The Morgan fingerprint density at radius 2 is 2.04 bits per heavy atom. The van der Waals surface area contributed by atoms with Gasteiger partial charge in [-0.05, 0) is 30.7 Å². The fraction of sp³-hybridized carbons (Fsp3) is 0.462. The third-order valence-corrected chi connectivity index (χ3v) is 4.53. The number of rotatable bonds is 4. The van der Waals surface area contributed by atoms with Crippen molar-refractivity contribution in [2.24, 2.45) is 5.14 Å². The summed E-state index contributed by atoms with van der Waals surface area (Å²) in [7, 11) is -3.54. The molecule has 3 aliphatic rings. The summed E-state index contributed by atoms with van der Waals surface area (Å²) in [6.45, 7) is 1.16. The number of thiol groups is 1. The van der Waals surface area contributed by atoms with E-state index in [-0.39, 0.29) is 6.04 Å². The van der Waals surface area contributed by atoms with E-state index in [0.29, 0.717) is 22.9 Å². The van der Waals surface area contributed by atoms with Crippen LogP contribution in [0.2, 0.25) is 0 Å². The van der Waals surface area contributed by atoms with Crippen molar-refractivity contribution in [3.05, 3.63) is 45.5 Å². The Bertz CT molecular complexity index is 739. The van der Waals surface area contributed by atoms with Gasteiger partial charge < -0.3 is 10.1 Å². The lowest BCUT2D eigenvalue weighted by Gasteiger charge is -2.09. The van der Waals surface area contributed by atoms with Crippen LogP contribution < -0.4 is 15.2 Å². The molecule has 0 aliphatic carbocycles. The number of benzene rings is 1. The van der Waals surface area contributed by atoms with Crippen LogP contribution in [0.4, 0.5) is 0 Å². The van der Waals surface area contributed by atoms with Crippen molar-refractivity contribution in [1.82, 2.24) is 10.0 Å². The number of nitrogens with one attached hydrogen (secondary N) is 2. The number of hydrogen-bond acceptors (Lipinski definition) is 8. The first kappa shape index (κ1) is 19.6. The van der Waals surface area contributed by atoms with Gasteiger partial charge >= 0.3 is 12.2 Å². The summed E-state index contributed by atoms with van der Waals surface area (Å²) in [4.78, 5) is 20.9. The van der Waals surface area contributed by atoms with Crippen LogP contribution in [-0.4, -0.2) is 43.7 Å². The zero-order valence-corrected chi connectivity index (χ0v) is 14.7. The van der Waals surface area contributed by atoms with Crippen molar-refractivity contribution in [3.63, 3.8) is 0 Å². The molecule has 0 saturated carbocycles. The normalized spacial score (nSPS) is 24.9. The molecule has 3 heterocycles. The zero-order valence-electron chi connectivity index (χ0n) is 13.0. The van der Waals surface area contributed by atoms with E-state index in [2.05, 4.69) is 27.4 Å². The molecule has 12 heteroatoms. The minimum atomic E-state index is -3.54. The van der Waals surface area contributed by atoms with Crippen molar-refractivity contribution < 1.29 is 22.9 Å². The molecule has 0 amide bonds. The van der Waals surface area contributed by atoms with Crippen LogP contribution in [0, 0.1) is 10.1 Å². The Balaban J connectivity index is 0.000000181. The maximum Gasteiger partial charge on any atom is 0.383 e. The molecule has 138 valence electrons. The number of nitrogens with zero attached hydrogens (tertiary/aromatic N) is 1. The molecule has 3 unspecified atom stereocenters. The fourth-order valence-electron chi connectivity index (χ4n) is 2.36. The molecule has 10 nitrogen and oxygen atoms in total. The zero-order chi connectivity index (χ0) is 18.6. The lowest BCUT2D eigenvalue weighted by Crippen LogP contribution is -2.40. The van der Waals surface area contributed by atoms with Gasteiger partial charge in [-0.3, -0.25) is 10.1 Å². The summed E-state index contributed by atoms with van der Waals surface area (Å²) in [6.07, 6.45) is -0.494. The molecule has 1 aromatic carbocycles. The second-order valence-electron chi connectivity index (χ2n) is 5.55. The van der Waals surface area contributed by atoms with Gasteiger partial charge in [0.1, 0.15) is 0 Å². The Hall–Kier alpha value is -1.73. The van der Waals surface area contributed by atoms with Crippen LogP contribution in [0.15, 0.2) is 24.3 Å². The van der Waals surface area contributed by atoms with Crippen molar-refractivity contribution in [1.29, 1.82) is 0 Å². The smallest absolute Gasteiger partial charge is 0.383 e. The largest absolute Gasteiger partial charge is 0.390 e. The molecule has 4 N–H and O–H groups in total. The van der Waals surface area contributed by atoms with Crippen LogP contribution in [0.3, 0.4) is 0 Å². The number of carbonyl (C=O) groups excluding carboxylic acids is 1. The first-order chi connectivity index (χ1) is 11.7. The van der Waals surface area contributed by atoms with Crippen molar-refractivity contribution in [2.45, 2.75) is 23.9 Å². The summed E-state index contributed by atoms with van der Waals surface area (Å²) in [6, 6.07) is 6.23. The molecular weight excluding hydrogens is 372 g/mol. The highest BCUT2D eigenvalue weighted by Gasteiger charge is 2.31. The molecule has 1 fully saturated rings. The molecule has 1 saturated heterocycles. The van der Waals surface area contributed by atoms with Gasteiger partial charge in [0.05, 0.1) is 16.1 Å². The van der Waals surface area contributed by atoms with Gasteiger partial charge in [-0.2, -0.15) is 21.0 Å². The predicted molar refractivity (Wildman–Crippen MR) is 91.9 cm³/mol. The van der Waals surface area contributed by atoms with Crippen molar-refractivity contribution in [2.75, 3.05) is 13.1 Å². The highest BCUT2D eigenvalue weighted by Crippen LogP contribution is 2.24. The molecule has 25 heavy (non-hydrogen) atoms. The maximum absolute atomic E-state index is 11.1. The van der Waals surface area contributed by atoms with E-state index in [4.69, 9.17) is 5.14 Å². The van der Waals surface area contributed by atoms with E-state index in [1.807, 2.05) is 0 Å². The molecule has 0 aromatic heterocycles. The van der Waals surface area contributed by atoms with E-state index in [1.54, 1.807) is 0 Å². The molecule has 0 spiro atoms. The first-order valence-electron chi connectivity index (χ1n) is 7.29. The highest BCUT2D eigenvalue weighted by atomic mass is 32.2. The molecule has 1 aromatic rings. The van der Waals surface area contributed by atoms with E-state index >= 15 is 0 Å². The van der Waals surface area contributed by atoms with Crippen molar-refractivity contribution in [3.8, 4) is 0 Å². The number of carbonyl (C=O) groups is 1.